The van der Waals surface area contributed by atoms with Crippen molar-refractivity contribution in [3.05, 3.63) is 24.3 Å². The number of amides is 2. The van der Waals surface area contributed by atoms with E-state index < -0.39 is 0 Å². The highest BCUT2D eigenvalue weighted by atomic mass is 16.2. The number of carbonyl (C=O) groups excluding carboxylic acids is 2. The van der Waals surface area contributed by atoms with Gasteiger partial charge in [0.25, 0.3) is 0 Å². The predicted octanol–water partition coefficient (Wildman–Crippen LogP) is 2.61. The molecule has 1 atom stereocenters. The van der Waals surface area contributed by atoms with E-state index in [2.05, 4.69) is 22.9 Å². The minimum Gasteiger partial charge on any atom is -0.326 e. The summed E-state index contributed by atoms with van der Waals surface area (Å²) in [5.41, 5.74) is 1.44. The Morgan fingerprint density at radius 2 is 1.52 bits per heavy atom. The summed E-state index contributed by atoms with van der Waals surface area (Å²) in [4.78, 5) is 23.3. The van der Waals surface area contributed by atoms with Crippen LogP contribution in [0.15, 0.2) is 24.3 Å². The van der Waals surface area contributed by atoms with E-state index in [-0.39, 0.29) is 17.7 Å². The Labute approximate surface area is 126 Å². The number of rotatable bonds is 7. The standard InChI is InChI=1S/C16H25N3O2/c1-5-12(4)17-10-15(20)18-13-6-8-14(9-7-13)19-16(21)11(2)3/h6-9,11-12,17H,5,10H2,1-4H3,(H,18,20)(H,19,21). The van der Waals surface area contributed by atoms with Gasteiger partial charge in [-0.25, -0.2) is 0 Å². The molecule has 0 saturated carbocycles. The molecule has 1 aromatic carbocycles. The van der Waals surface area contributed by atoms with Crippen LogP contribution in [0.3, 0.4) is 0 Å². The van der Waals surface area contributed by atoms with E-state index in [1.54, 1.807) is 24.3 Å². The maximum Gasteiger partial charge on any atom is 0.238 e. The molecular weight excluding hydrogens is 266 g/mol. The summed E-state index contributed by atoms with van der Waals surface area (Å²) in [5.74, 6) is -0.158. The Balaban J connectivity index is 2.47. The highest BCUT2D eigenvalue weighted by molar-refractivity contribution is 5.94. The fraction of sp³-hybridized carbons (Fsp3) is 0.500. The van der Waals surface area contributed by atoms with Crippen molar-refractivity contribution in [2.45, 2.75) is 40.2 Å². The van der Waals surface area contributed by atoms with Gasteiger partial charge in [-0.05, 0) is 37.6 Å². The summed E-state index contributed by atoms with van der Waals surface area (Å²) >= 11 is 0. The van der Waals surface area contributed by atoms with E-state index in [0.29, 0.717) is 18.3 Å². The molecule has 0 bridgehead atoms. The second-order valence-electron chi connectivity index (χ2n) is 5.46. The van der Waals surface area contributed by atoms with Crippen molar-refractivity contribution in [2.75, 3.05) is 17.2 Å². The first-order valence-electron chi connectivity index (χ1n) is 7.36. The van der Waals surface area contributed by atoms with Crippen molar-refractivity contribution in [2.24, 2.45) is 5.92 Å². The van der Waals surface area contributed by atoms with E-state index in [9.17, 15) is 9.59 Å². The number of anilines is 2. The zero-order valence-corrected chi connectivity index (χ0v) is 13.2. The average Bonchev–Trinajstić information content (AvgIpc) is 2.46. The fourth-order valence-electron chi connectivity index (χ4n) is 1.54. The highest BCUT2D eigenvalue weighted by Gasteiger charge is 2.07. The van der Waals surface area contributed by atoms with Crippen molar-refractivity contribution < 1.29 is 9.59 Å². The molecule has 0 aromatic heterocycles. The third-order valence-corrected chi connectivity index (χ3v) is 3.18. The first kappa shape index (κ1) is 17.2. The van der Waals surface area contributed by atoms with Crippen LogP contribution in [-0.4, -0.2) is 24.4 Å². The molecule has 0 radical (unpaired) electrons. The molecule has 0 spiro atoms. The topological polar surface area (TPSA) is 70.2 Å². The molecule has 5 heteroatoms. The Bertz CT molecular complexity index is 469. The molecule has 1 rings (SSSR count). The van der Waals surface area contributed by atoms with Crippen molar-refractivity contribution in [3.63, 3.8) is 0 Å². The van der Waals surface area contributed by atoms with E-state index in [4.69, 9.17) is 0 Å². The molecule has 1 unspecified atom stereocenters. The molecule has 0 aliphatic carbocycles. The fourth-order valence-corrected chi connectivity index (χ4v) is 1.54. The summed E-state index contributed by atoms with van der Waals surface area (Å²) in [5, 5.41) is 8.75. The molecule has 2 amide bonds. The van der Waals surface area contributed by atoms with Gasteiger partial charge < -0.3 is 16.0 Å². The third kappa shape index (κ3) is 6.40. The summed E-state index contributed by atoms with van der Waals surface area (Å²) in [6.07, 6.45) is 0.984. The third-order valence-electron chi connectivity index (χ3n) is 3.18. The Hall–Kier alpha value is -1.88. The van der Waals surface area contributed by atoms with Gasteiger partial charge in [0.2, 0.25) is 11.8 Å². The lowest BCUT2D eigenvalue weighted by Crippen LogP contribution is -2.33. The van der Waals surface area contributed by atoms with Gasteiger partial charge in [-0.1, -0.05) is 20.8 Å². The lowest BCUT2D eigenvalue weighted by atomic mass is 10.2. The molecule has 0 aliphatic rings. The highest BCUT2D eigenvalue weighted by Crippen LogP contribution is 2.14. The average molecular weight is 291 g/mol. The number of hydrogen-bond acceptors (Lipinski definition) is 3. The lowest BCUT2D eigenvalue weighted by molar-refractivity contribution is -0.119. The maximum atomic E-state index is 11.7. The second-order valence-corrected chi connectivity index (χ2v) is 5.46. The molecule has 1 aromatic rings. The van der Waals surface area contributed by atoms with Gasteiger partial charge in [-0.2, -0.15) is 0 Å². The first-order chi connectivity index (χ1) is 9.92. The van der Waals surface area contributed by atoms with Crippen LogP contribution in [0.25, 0.3) is 0 Å². The zero-order valence-electron chi connectivity index (χ0n) is 13.2. The Kier molecular flexibility index (Phi) is 6.88. The zero-order chi connectivity index (χ0) is 15.8. The van der Waals surface area contributed by atoms with Crippen molar-refractivity contribution in [1.29, 1.82) is 0 Å². The summed E-state index contributed by atoms with van der Waals surface area (Å²) < 4.78 is 0. The van der Waals surface area contributed by atoms with Crippen LogP contribution in [0.2, 0.25) is 0 Å². The molecular formula is C16H25N3O2. The number of carbonyl (C=O) groups is 2. The predicted molar refractivity (Wildman–Crippen MR) is 86.3 cm³/mol. The van der Waals surface area contributed by atoms with Crippen LogP contribution in [-0.2, 0) is 9.59 Å². The van der Waals surface area contributed by atoms with Crippen LogP contribution >= 0.6 is 0 Å². The van der Waals surface area contributed by atoms with E-state index in [0.717, 1.165) is 12.1 Å². The SMILES string of the molecule is CCC(C)NCC(=O)Nc1ccc(NC(=O)C(C)C)cc1. The van der Waals surface area contributed by atoms with Gasteiger partial charge in [-0.3, -0.25) is 9.59 Å². The normalized spacial score (nSPS) is 12.0. The summed E-state index contributed by atoms with van der Waals surface area (Å²) in [6.45, 7) is 8.09. The lowest BCUT2D eigenvalue weighted by Gasteiger charge is -2.12. The van der Waals surface area contributed by atoms with Crippen LogP contribution < -0.4 is 16.0 Å². The van der Waals surface area contributed by atoms with Crippen molar-refractivity contribution in [3.8, 4) is 0 Å². The maximum absolute atomic E-state index is 11.7. The van der Waals surface area contributed by atoms with Crippen molar-refractivity contribution in [1.82, 2.24) is 5.32 Å². The molecule has 0 heterocycles. The number of nitrogens with one attached hydrogen (secondary N) is 3. The van der Waals surface area contributed by atoms with E-state index in [1.807, 2.05) is 20.8 Å². The molecule has 3 N–H and O–H groups in total. The molecule has 0 aliphatic heterocycles. The number of benzene rings is 1. The van der Waals surface area contributed by atoms with Gasteiger partial charge in [0.1, 0.15) is 0 Å². The van der Waals surface area contributed by atoms with Crippen LogP contribution in [0.4, 0.5) is 11.4 Å². The van der Waals surface area contributed by atoms with Crippen LogP contribution in [0.1, 0.15) is 34.1 Å². The van der Waals surface area contributed by atoms with Crippen LogP contribution in [0, 0.1) is 5.92 Å². The Morgan fingerprint density at radius 1 is 1.00 bits per heavy atom. The monoisotopic (exact) mass is 291 g/mol. The second kappa shape index (κ2) is 8.42. The number of hydrogen-bond donors (Lipinski definition) is 3. The summed E-state index contributed by atoms with van der Waals surface area (Å²) in [7, 11) is 0. The summed E-state index contributed by atoms with van der Waals surface area (Å²) in [6, 6.07) is 7.42. The smallest absolute Gasteiger partial charge is 0.238 e. The van der Waals surface area contributed by atoms with Crippen LogP contribution in [0.5, 0.6) is 0 Å². The minimum atomic E-state index is -0.0748. The molecule has 21 heavy (non-hydrogen) atoms. The van der Waals surface area contributed by atoms with Gasteiger partial charge in [0.15, 0.2) is 0 Å². The van der Waals surface area contributed by atoms with E-state index in [1.165, 1.54) is 0 Å². The quantitative estimate of drug-likeness (QED) is 0.723. The minimum absolute atomic E-state index is 0.0236. The molecule has 0 saturated heterocycles. The molecule has 5 nitrogen and oxygen atoms in total. The van der Waals surface area contributed by atoms with Gasteiger partial charge in [0.05, 0.1) is 6.54 Å². The molecule has 0 fully saturated rings. The Morgan fingerprint density at radius 3 is 2.00 bits per heavy atom. The van der Waals surface area contributed by atoms with E-state index >= 15 is 0 Å². The first-order valence-corrected chi connectivity index (χ1v) is 7.36. The van der Waals surface area contributed by atoms with Gasteiger partial charge in [-0.15, -0.1) is 0 Å². The van der Waals surface area contributed by atoms with Gasteiger partial charge >= 0.3 is 0 Å². The van der Waals surface area contributed by atoms with Gasteiger partial charge in [0, 0.05) is 23.3 Å². The molecule has 116 valence electrons. The largest absolute Gasteiger partial charge is 0.326 e. The van der Waals surface area contributed by atoms with Crippen molar-refractivity contribution >= 4 is 23.2 Å².